The Morgan fingerprint density at radius 1 is 1.09 bits per heavy atom. The van der Waals surface area contributed by atoms with E-state index in [1.165, 1.54) is 12.1 Å². The number of amides is 2. The number of hydrogen-bond acceptors (Lipinski definition) is 6. The first-order valence-electron chi connectivity index (χ1n) is 10.5. The van der Waals surface area contributed by atoms with E-state index in [1.807, 2.05) is 6.92 Å². The summed E-state index contributed by atoms with van der Waals surface area (Å²) >= 11 is 0. The van der Waals surface area contributed by atoms with Crippen molar-refractivity contribution in [2.75, 3.05) is 6.54 Å². The number of carboxylic acids is 1. The molecule has 178 valence electrons. The predicted octanol–water partition coefficient (Wildman–Crippen LogP) is -0.584. The molecule has 1 aromatic rings. The van der Waals surface area contributed by atoms with E-state index in [4.69, 9.17) is 17.2 Å². The Morgan fingerprint density at radius 2 is 1.72 bits per heavy atom. The standard InChI is InChI=1S/C21H34N6O5/c1-3-12(2)17(20(31)32)27-19(30)16(5-4-10-25-21(23)24)26-18(29)15(22)11-13-6-8-14(28)9-7-13/h6-9,12,15-17,28H,3-5,10-11,22H2,1-2H3,(H,26,29)(H,27,30)(H,31,32)(H4,23,24,25). The Balaban J connectivity index is 2.87. The fraction of sp³-hybridized carbons (Fsp3) is 0.524. The van der Waals surface area contributed by atoms with Crippen LogP contribution in [0.1, 0.15) is 38.7 Å². The molecule has 0 saturated heterocycles. The maximum absolute atomic E-state index is 12.8. The normalized spacial score (nSPS) is 14.5. The Morgan fingerprint density at radius 3 is 2.25 bits per heavy atom. The van der Waals surface area contributed by atoms with Gasteiger partial charge in [0.05, 0.1) is 6.04 Å². The molecule has 0 aliphatic carbocycles. The molecule has 0 aromatic heterocycles. The van der Waals surface area contributed by atoms with Gasteiger partial charge in [0.25, 0.3) is 0 Å². The van der Waals surface area contributed by atoms with Gasteiger partial charge < -0.3 is 38.0 Å². The summed E-state index contributed by atoms with van der Waals surface area (Å²) in [7, 11) is 0. The van der Waals surface area contributed by atoms with Crippen LogP contribution in [0.4, 0.5) is 0 Å². The van der Waals surface area contributed by atoms with Crippen molar-refractivity contribution in [2.45, 2.75) is 57.7 Å². The van der Waals surface area contributed by atoms with E-state index in [1.54, 1.807) is 19.1 Å². The number of aliphatic carboxylic acids is 1. The summed E-state index contributed by atoms with van der Waals surface area (Å²) in [5.41, 5.74) is 17.3. The van der Waals surface area contributed by atoms with Crippen LogP contribution in [-0.4, -0.2) is 58.6 Å². The second-order valence-corrected chi connectivity index (χ2v) is 7.70. The monoisotopic (exact) mass is 450 g/mol. The molecule has 0 fully saturated rings. The number of carbonyl (C=O) groups excluding carboxylic acids is 2. The molecule has 1 aromatic carbocycles. The van der Waals surface area contributed by atoms with E-state index in [2.05, 4.69) is 15.6 Å². The van der Waals surface area contributed by atoms with Crippen LogP contribution in [0.5, 0.6) is 5.75 Å². The van der Waals surface area contributed by atoms with Crippen LogP contribution in [0.2, 0.25) is 0 Å². The minimum absolute atomic E-state index is 0.0892. The van der Waals surface area contributed by atoms with Crippen molar-refractivity contribution in [3.63, 3.8) is 0 Å². The zero-order valence-electron chi connectivity index (χ0n) is 18.5. The number of aliphatic imine (C=N–C) groups is 1. The van der Waals surface area contributed by atoms with E-state index in [9.17, 15) is 24.6 Å². The third-order valence-corrected chi connectivity index (χ3v) is 5.08. The zero-order valence-corrected chi connectivity index (χ0v) is 18.5. The van der Waals surface area contributed by atoms with Crippen LogP contribution >= 0.6 is 0 Å². The summed E-state index contributed by atoms with van der Waals surface area (Å²) in [4.78, 5) is 40.9. The number of hydrogen-bond donors (Lipinski definition) is 7. The molecule has 32 heavy (non-hydrogen) atoms. The molecule has 0 spiro atoms. The number of phenols is 1. The number of benzene rings is 1. The predicted molar refractivity (Wildman–Crippen MR) is 121 cm³/mol. The van der Waals surface area contributed by atoms with E-state index in [0.29, 0.717) is 12.8 Å². The van der Waals surface area contributed by atoms with E-state index in [0.717, 1.165) is 5.56 Å². The fourth-order valence-corrected chi connectivity index (χ4v) is 2.97. The van der Waals surface area contributed by atoms with Crippen molar-refractivity contribution in [3.8, 4) is 5.75 Å². The molecular formula is C21H34N6O5. The van der Waals surface area contributed by atoms with Crippen LogP contribution in [0.15, 0.2) is 29.3 Å². The molecule has 0 bridgehead atoms. The lowest BCUT2D eigenvalue weighted by Crippen LogP contribution is -2.55. The van der Waals surface area contributed by atoms with Gasteiger partial charge in [-0.05, 0) is 42.9 Å². The second kappa shape index (κ2) is 13.2. The number of nitrogens with zero attached hydrogens (tertiary/aromatic N) is 1. The van der Waals surface area contributed by atoms with Gasteiger partial charge in [-0.2, -0.15) is 0 Å². The number of carboxylic acid groups (broad SMARTS) is 1. The van der Waals surface area contributed by atoms with Gasteiger partial charge in [0.15, 0.2) is 5.96 Å². The van der Waals surface area contributed by atoms with Crippen molar-refractivity contribution in [2.24, 2.45) is 28.1 Å². The molecular weight excluding hydrogens is 416 g/mol. The van der Waals surface area contributed by atoms with Crippen LogP contribution in [0.25, 0.3) is 0 Å². The van der Waals surface area contributed by atoms with Crippen LogP contribution in [0.3, 0.4) is 0 Å². The van der Waals surface area contributed by atoms with Gasteiger partial charge in [-0.25, -0.2) is 4.79 Å². The van der Waals surface area contributed by atoms with E-state index < -0.39 is 35.9 Å². The highest BCUT2D eigenvalue weighted by Gasteiger charge is 2.30. The third-order valence-electron chi connectivity index (χ3n) is 5.08. The molecule has 11 nitrogen and oxygen atoms in total. The SMILES string of the molecule is CCC(C)C(NC(=O)C(CCCN=C(N)N)NC(=O)C(N)Cc1ccc(O)cc1)C(=O)O. The molecule has 2 amide bonds. The fourth-order valence-electron chi connectivity index (χ4n) is 2.97. The number of guanidine groups is 1. The van der Waals surface area contributed by atoms with E-state index in [-0.39, 0.29) is 37.0 Å². The Bertz CT molecular complexity index is 794. The number of phenolic OH excluding ortho intramolecular Hbond substituents is 1. The number of carbonyl (C=O) groups is 3. The molecule has 0 heterocycles. The molecule has 0 saturated carbocycles. The molecule has 11 heteroatoms. The van der Waals surface area contributed by atoms with Crippen molar-refractivity contribution in [1.82, 2.24) is 10.6 Å². The van der Waals surface area contributed by atoms with Crippen LogP contribution in [0, 0.1) is 5.92 Å². The molecule has 10 N–H and O–H groups in total. The van der Waals surface area contributed by atoms with Gasteiger partial charge >= 0.3 is 5.97 Å². The lowest BCUT2D eigenvalue weighted by molar-refractivity contribution is -0.143. The maximum atomic E-state index is 12.8. The minimum atomic E-state index is -1.15. The molecule has 0 aliphatic rings. The largest absolute Gasteiger partial charge is 0.508 e. The number of nitrogens with one attached hydrogen (secondary N) is 2. The van der Waals surface area contributed by atoms with Gasteiger partial charge in [0.2, 0.25) is 11.8 Å². The zero-order chi connectivity index (χ0) is 24.3. The molecule has 4 unspecified atom stereocenters. The van der Waals surface area contributed by atoms with Gasteiger partial charge in [-0.1, -0.05) is 32.4 Å². The van der Waals surface area contributed by atoms with Gasteiger partial charge in [0, 0.05) is 6.54 Å². The number of aromatic hydroxyl groups is 1. The van der Waals surface area contributed by atoms with Crippen LogP contribution in [-0.2, 0) is 20.8 Å². The van der Waals surface area contributed by atoms with E-state index >= 15 is 0 Å². The summed E-state index contributed by atoms with van der Waals surface area (Å²) in [5, 5.41) is 23.9. The second-order valence-electron chi connectivity index (χ2n) is 7.70. The number of rotatable bonds is 13. The van der Waals surface area contributed by atoms with Crippen molar-refractivity contribution < 1.29 is 24.6 Å². The summed E-state index contributed by atoms with van der Waals surface area (Å²) in [6, 6.07) is 3.22. The molecule has 4 atom stereocenters. The number of nitrogens with two attached hydrogens (primary N) is 3. The summed E-state index contributed by atoms with van der Waals surface area (Å²) in [6.45, 7) is 3.79. The minimum Gasteiger partial charge on any atom is -0.508 e. The Hall–Kier alpha value is -3.34. The lowest BCUT2D eigenvalue weighted by atomic mass is 9.98. The maximum Gasteiger partial charge on any atom is 0.326 e. The quantitative estimate of drug-likeness (QED) is 0.117. The average molecular weight is 451 g/mol. The topological polar surface area (TPSA) is 206 Å². The molecule has 0 aliphatic heterocycles. The van der Waals surface area contributed by atoms with Gasteiger partial charge in [-0.3, -0.25) is 14.6 Å². The highest BCUT2D eigenvalue weighted by atomic mass is 16.4. The first kappa shape index (κ1) is 26.7. The summed E-state index contributed by atoms with van der Waals surface area (Å²) in [6.07, 6.45) is 1.31. The first-order chi connectivity index (χ1) is 15.0. The van der Waals surface area contributed by atoms with Crippen molar-refractivity contribution in [1.29, 1.82) is 0 Å². The summed E-state index contributed by atoms with van der Waals surface area (Å²) in [5.74, 6) is -2.62. The van der Waals surface area contributed by atoms with Crippen molar-refractivity contribution >= 4 is 23.7 Å². The van der Waals surface area contributed by atoms with Crippen LogP contribution < -0.4 is 27.8 Å². The molecule has 0 radical (unpaired) electrons. The van der Waals surface area contributed by atoms with Gasteiger partial charge in [0.1, 0.15) is 17.8 Å². The van der Waals surface area contributed by atoms with Gasteiger partial charge in [-0.15, -0.1) is 0 Å². The highest BCUT2D eigenvalue weighted by Crippen LogP contribution is 2.12. The lowest BCUT2D eigenvalue weighted by Gasteiger charge is -2.25. The smallest absolute Gasteiger partial charge is 0.326 e. The van der Waals surface area contributed by atoms with Crippen molar-refractivity contribution in [3.05, 3.63) is 29.8 Å². The highest BCUT2D eigenvalue weighted by molar-refractivity contribution is 5.91. The molecule has 1 rings (SSSR count). The summed E-state index contributed by atoms with van der Waals surface area (Å²) < 4.78 is 0. The third kappa shape index (κ3) is 9.21. The average Bonchev–Trinajstić information content (AvgIpc) is 2.74. The Labute approximate surface area is 187 Å². The Kier molecular flexibility index (Phi) is 11.0. The first-order valence-corrected chi connectivity index (χ1v) is 10.5.